The Morgan fingerprint density at radius 1 is 1.12 bits per heavy atom. The molecule has 0 fully saturated rings. The molecule has 1 amide bonds. The second-order valence-corrected chi connectivity index (χ2v) is 8.15. The van der Waals surface area contributed by atoms with Crippen molar-refractivity contribution in [2.24, 2.45) is 0 Å². The highest BCUT2D eigenvalue weighted by molar-refractivity contribution is 7.88. The van der Waals surface area contributed by atoms with Crippen molar-refractivity contribution >= 4 is 21.6 Å². The van der Waals surface area contributed by atoms with Crippen molar-refractivity contribution in [1.82, 2.24) is 4.72 Å². The molecule has 0 bridgehead atoms. The molecular weight excluding hydrogens is 352 g/mol. The number of anilines is 1. The molecule has 138 valence electrons. The van der Waals surface area contributed by atoms with Gasteiger partial charge in [-0.25, -0.2) is 13.1 Å². The van der Waals surface area contributed by atoms with E-state index in [2.05, 4.69) is 4.72 Å². The number of ether oxygens (including phenoxy) is 1. The fourth-order valence-electron chi connectivity index (χ4n) is 2.93. The van der Waals surface area contributed by atoms with Crippen LogP contribution < -0.4 is 14.4 Å². The van der Waals surface area contributed by atoms with Crippen LogP contribution in [0, 0.1) is 6.92 Å². The average Bonchev–Trinajstić information content (AvgIpc) is 2.61. The Balaban J connectivity index is 1.59. The third kappa shape index (κ3) is 4.05. The van der Waals surface area contributed by atoms with Gasteiger partial charge in [-0.3, -0.25) is 4.79 Å². The van der Waals surface area contributed by atoms with Gasteiger partial charge in [-0.2, -0.15) is 0 Å². The minimum Gasteiger partial charge on any atom is -0.478 e. The van der Waals surface area contributed by atoms with Gasteiger partial charge in [0.1, 0.15) is 5.75 Å². The summed E-state index contributed by atoms with van der Waals surface area (Å²) in [5, 5.41) is 0. The van der Waals surface area contributed by atoms with E-state index in [1.54, 1.807) is 24.1 Å². The molecule has 7 heteroatoms. The first-order chi connectivity index (χ1) is 12.4. The van der Waals surface area contributed by atoms with Gasteiger partial charge in [0.05, 0.1) is 11.4 Å². The first-order valence-corrected chi connectivity index (χ1v) is 10.1. The SMILES string of the molecule is Cc1ccccc1CS(=O)(=O)NCCC1Oc2ccccc2N(C)C1=O. The first-order valence-electron chi connectivity index (χ1n) is 8.42. The van der Waals surface area contributed by atoms with Gasteiger partial charge in [0.2, 0.25) is 10.0 Å². The Morgan fingerprint density at radius 2 is 1.81 bits per heavy atom. The molecule has 1 heterocycles. The fraction of sp³-hybridized carbons (Fsp3) is 0.316. The van der Waals surface area contributed by atoms with Gasteiger partial charge in [-0.15, -0.1) is 0 Å². The summed E-state index contributed by atoms with van der Waals surface area (Å²) >= 11 is 0. The van der Waals surface area contributed by atoms with Gasteiger partial charge < -0.3 is 9.64 Å². The molecule has 0 spiro atoms. The lowest BCUT2D eigenvalue weighted by Crippen LogP contribution is -2.45. The molecule has 0 aromatic heterocycles. The predicted molar refractivity (Wildman–Crippen MR) is 101 cm³/mol. The number of hydrogen-bond acceptors (Lipinski definition) is 4. The lowest BCUT2D eigenvalue weighted by molar-refractivity contribution is -0.126. The molecule has 1 N–H and O–H groups in total. The average molecular weight is 374 g/mol. The topological polar surface area (TPSA) is 75.7 Å². The number of aryl methyl sites for hydroxylation is 1. The number of likely N-dealkylation sites (N-methyl/N-ethyl adjacent to an activating group) is 1. The van der Waals surface area contributed by atoms with Crippen LogP contribution in [0.1, 0.15) is 17.5 Å². The fourth-order valence-corrected chi connectivity index (χ4v) is 4.19. The molecule has 26 heavy (non-hydrogen) atoms. The highest BCUT2D eigenvalue weighted by Crippen LogP contribution is 2.33. The minimum absolute atomic E-state index is 0.0815. The molecule has 0 aliphatic carbocycles. The van der Waals surface area contributed by atoms with Crippen LogP contribution in [0.25, 0.3) is 0 Å². The van der Waals surface area contributed by atoms with E-state index in [0.29, 0.717) is 11.4 Å². The number of nitrogens with zero attached hydrogens (tertiary/aromatic N) is 1. The summed E-state index contributed by atoms with van der Waals surface area (Å²) in [4.78, 5) is 13.9. The van der Waals surface area contributed by atoms with Crippen molar-refractivity contribution < 1.29 is 17.9 Å². The van der Waals surface area contributed by atoms with Crippen LogP contribution in [0.3, 0.4) is 0 Å². The van der Waals surface area contributed by atoms with Crippen LogP contribution >= 0.6 is 0 Å². The van der Waals surface area contributed by atoms with Crippen LogP contribution in [-0.2, 0) is 20.6 Å². The largest absolute Gasteiger partial charge is 0.478 e. The summed E-state index contributed by atoms with van der Waals surface area (Å²) in [6.45, 7) is 2.02. The van der Waals surface area contributed by atoms with Crippen molar-refractivity contribution in [3.05, 3.63) is 59.7 Å². The van der Waals surface area contributed by atoms with Crippen LogP contribution in [0.2, 0.25) is 0 Å². The maximum Gasteiger partial charge on any atom is 0.267 e. The minimum atomic E-state index is -3.48. The normalized spacial score (nSPS) is 16.9. The van der Waals surface area contributed by atoms with E-state index in [0.717, 1.165) is 11.1 Å². The lowest BCUT2D eigenvalue weighted by atomic mass is 10.1. The Morgan fingerprint density at radius 3 is 2.58 bits per heavy atom. The summed E-state index contributed by atoms with van der Waals surface area (Å²) in [5.74, 6) is 0.367. The molecular formula is C19H22N2O4S. The monoisotopic (exact) mass is 374 g/mol. The zero-order chi connectivity index (χ0) is 18.7. The standard InChI is InChI=1S/C19H22N2O4S/c1-14-7-3-4-8-15(14)13-26(23,24)20-12-11-18-19(22)21(2)16-9-5-6-10-17(16)25-18/h3-10,18,20H,11-13H2,1-2H3. The van der Waals surface area contributed by atoms with Gasteiger partial charge in [-0.05, 0) is 30.2 Å². The number of benzene rings is 2. The molecule has 0 saturated heterocycles. The molecule has 6 nitrogen and oxygen atoms in total. The maximum absolute atomic E-state index is 12.4. The van der Waals surface area contributed by atoms with E-state index in [4.69, 9.17) is 4.74 Å². The molecule has 2 aromatic carbocycles. The Bertz CT molecular complexity index is 911. The smallest absolute Gasteiger partial charge is 0.267 e. The molecule has 1 aliphatic heterocycles. The summed E-state index contributed by atoms with van der Waals surface area (Å²) < 4.78 is 32.9. The van der Waals surface area contributed by atoms with Crippen molar-refractivity contribution in [3.8, 4) is 5.75 Å². The van der Waals surface area contributed by atoms with E-state index in [9.17, 15) is 13.2 Å². The van der Waals surface area contributed by atoms with Crippen LogP contribution in [0.15, 0.2) is 48.5 Å². The van der Waals surface area contributed by atoms with E-state index < -0.39 is 16.1 Å². The van der Waals surface area contributed by atoms with E-state index in [-0.39, 0.29) is 24.6 Å². The molecule has 1 atom stereocenters. The Labute approximate surface area is 153 Å². The number of sulfonamides is 1. The molecule has 0 saturated carbocycles. The highest BCUT2D eigenvalue weighted by Gasteiger charge is 2.31. The molecule has 1 unspecified atom stereocenters. The highest BCUT2D eigenvalue weighted by atomic mass is 32.2. The van der Waals surface area contributed by atoms with Crippen LogP contribution in [-0.4, -0.2) is 34.0 Å². The Kier molecular flexibility index (Phi) is 5.29. The molecule has 0 radical (unpaired) electrons. The number of para-hydroxylation sites is 2. The zero-order valence-corrected chi connectivity index (χ0v) is 15.6. The van der Waals surface area contributed by atoms with Crippen LogP contribution in [0.5, 0.6) is 5.75 Å². The van der Waals surface area contributed by atoms with E-state index in [1.165, 1.54) is 0 Å². The molecule has 1 aliphatic rings. The lowest BCUT2D eigenvalue weighted by Gasteiger charge is -2.31. The third-order valence-corrected chi connectivity index (χ3v) is 5.77. The summed E-state index contributed by atoms with van der Waals surface area (Å²) in [6.07, 6.45) is -0.430. The van der Waals surface area contributed by atoms with Crippen molar-refractivity contribution in [2.75, 3.05) is 18.5 Å². The van der Waals surface area contributed by atoms with E-state index in [1.807, 2.05) is 43.3 Å². The van der Waals surface area contributed by atoms with E-state index >= 15 is 0 Å². The van der Waals surface area contributed by atoms with Gasteiger partial charge in [0, 0.05) is 20.0 Å². The van der Waals surface area contributed by atoms with Crippen molar-refractivity contribution in [3.63, 3.8) is 0 Å². The predicted octanol–water partition coefficient (Wildman–Crippen LogP) is 2.23. The Hall–Kier alpha value is -2.38. The number of nitrogens with one attached hydrogen (secondary N) is 1. The second-order valence-electron chi connectivity index (χ2n) is 6.34. The van der Waals surface area contributed by atoms with Gasteiger partial charge in [0.25, 0.3) is 5.91 Å². The van der Waals surface area contributed by atoms with Gasteiger partial charge >= 0.3 is 0 Å². The number of carbonyl (C=O) groups excluding carboxylic acids is 1. The number of hydrogen-bond donors (Lipinski definition) is 1. The summed E-state index contributed by atoms with van der Waals surface area (Å²) in [6, 6.07) is 14.7. The number of carbonyl (C=O) groups is 1. The first kappa shape index (κ1) is 18.4. The van der Waals surface area contributed by atoms with Gasteiger partial charge in [-0.1, -0.05) is 36.4 Å². The second kappa shape index (κ2) is 7.47. The summed E-state index contributed by atoms with van der Waals surface area (Å²) in [7, 11) is -1.79. The molecule has 3 rings (SSSR count). The van der Waals surface area contributed by atoms with Gasteiger partial charge in [0.15, 0.2) is 6.10 Å². The molecule has 2 aromatic rings. The number of fused-ring (bicyclic) bond motifs is 1. The number of rotatable bonds is 6. The van der Waals surface area contributed by atoms with Crippen molar-refractivity contribution in [1.29, 1.82) is 0 Å². The number of amides is 1. The maximum atomic E-state index is 12.4. The summed E-state index contributed by atoms with van der Waals surface area (Å²) in [5.41, 5.74) is 2.41. The third-order valence-electron chi connectivity index (χ3n) is 4.44. The van der Waals surface area contributed by atoms with Crippen molar-refractivity contribution in [2.45, 2.75) is 25.2 Å². The van der Waals surface area contributed by atoms with Crippen LogP contribution in [0.4, 0.5) is 5.69 Å². The zero-order valence-electron chi connectivity index (χ0n) is 14.8. The quantitative estimate of drug-likeness (QED) is 0.841.